The molecule has 1 N–H and O–H groups in total. The second-order valence-corrected chi connectivity index (χ2v) is 5.63. The number of carboxylic acid groups (broad SMARTS) is 1. The lowest BCUT2D eigenvalue weighted by atomic mass is 10.3. The third-order valence-corrected chi connectivity index (χ3v) is 4.23. The summed E-state index contributed by atoms with van der Waals surface area (Å²) in [7, 11) is -0.599. The fourth-order valence-electron chi connectivity index (χ4n) is 1.11. The number of hydrogen-bond donors (Lipinski definition) is 1. The summed E-state index contributed by atoms with van der Waals surface area (Å²) in [5.74, 6) is -1.13. The van der Waals surface area contributed by atoms with Gasteiger partial charge in [-0.2, -0.15) is 0 Å². The molecule has 0 aromatic carbocycles. The van der Waals surface area contributed by atoms with E-state index in [0.29, 0.717) is 6.42 Å². The molecular formula is C9H19NO5S. The van der Waals surface area contributed by atoms with Gasteiger partial charge in [0.05, 0.1) is 18.3 Å². The maximum absolute atomic E-state index is 11.7. The van der Waals surface area contributed by atoms with Crippen LogP contribution in [0.3, 0.4) is 0 Å². The SMILES string of the molecule is CCC(CS(=O)(=O)N(C)CCC(=O)O)OC. The van der Waals surface area contributed by atoms with Crippen LogP contribution in [0.25, 0.3) is 0 Å². The van der Waals surface area contributed by atoms with Crippen LogP contribution < -0.4 is 0 Å². The van der Waals surface area contributed by atoms with Crippen LogP contribution in [-0.2, 0) is 19.6 Å². The van der Waals surface area contributed by atoms with E-state index in [4.69, 9.17) is 9.84 Å². The highest BCUT2D eigenvalue weighted by Crippen LogP contribution is 2.06. The van der Waals surface area contributed by atoms with Gasteiger partial charge >= 0.3 is 5.97 Å². The molecule has 0 spiro atoms. The third kappa shape index (κ3) is 5.43. The lowest BCUT2D eigenvalue weighted by molar-refractivity contribution is -0.137. The van der Waals surface area contributed by atoms with Crippen LogP contribution in [0.5, 0.6) is 0 Å². The minimum atomic E-state index is -3.43. The molecule has 0 bridgehead atoms. The van der Waals surface area contributed by atoms with E-state index in [0.717, 1.165) is 4.31 Å². The minimum absolute atomic E-state index is 0.0161. The highest BCUT2D eigenvalue weighted by atomic mass is 32.2. The lowest BCUT2D eigenvalue weighted by Gasteiger charge is -2.19. The Kier molecular flexibility index (Phi) is 6.54. The van der Waals surface area contributed by atoms with Gasteiger partial charge in [0, 0.05) is 20.7 Å². The van der Waals surface area contributed by atoms with Gasteiger partial charge in [-0.3, -0.25) is 4.79 Å². The topological polar surface area (TPSA) is 83.9 Å². The first-order valence-electron chi connectivity index (χ1n) is 5.02. The molecular weight excluding hydrogens is 234 g/mol. The summed E-state index contributed by atoms with van der Waals surface area (Å²) in [4.78, 5) is 10.3. The van der Waals surface area contributed by atoms with Crippen molar-refractivity contribution in [3.8, 4) is 0 Å². The van der Waals surface area contributed by atoms with E-state index in [9.17, 15) is 13.2 Å². The number of carbonyl (C=O) groups is 1. The lowest BCUT2D eigenvalue weighted by Crippen LogP contribution is -2.35. The summed E-state index contributed by atoms with van der Waals surface area (Å²) in [6.45, 7) is 1.82. The van der Waals surface area contributed by atoms with E-state index >= 15 is 0 Å². The molecule has 16 heavy (non-hydrogen) atoms. The summed E-state index contributed by atoms with van der Waals surface area (Å²) in [5, 5.41) is 8.46. The highest BCUT2D eigenvalue weighted by molar-refractivity contribution is 7.89. The molecule has 0 aliphatic heterocycles. The molecule has 0 aliphatic rings. The maximum Gasteiger partial charge on any atom is 0.304 e. The van der Waals surface area contributed by atoms with E-state index in [1.165, 1.54) is 14.2 Å². The molecule has 1 unspecified atom stereocenters. The number of aliphatic carboxylic acids is 1. The Morgan fingerprint density at radius 1 is 1.50 bits per heavy atom. The van der Waals surface area contributed by atoms with Crippen LogP contribution >= 0.6 is 0 Å². The molecule has 6 nitrogen and oxygen atoms in total. The zero-order chi connectivity index (χ0) is 12.8. The van der Waals surface area contributed by atoms with Gasteiger partial charge in [0.15, 0.2) is 0 Å². The van der Waals surface area contributed by atoms with Crippen molar-refractivity contribution >= 4 is 16.0 Å². The summed E-state index contributed by atoms with van der Waals surface area (Å²) in [5.41, 5.74) is 0. The van der Waals surface area contributed by atoms with Gasteiger partial charge in [-0.1, -0.05) is 6.92 Å². The zero-order valence-corrected chi connectivity index (χ0v) is 10.7. The number of sulfonamides is 1. The van der Waals surface area contributed by atoms with Crippen molar-refractivity contribution in [3.05, 3.63) is 0 Å². The van der Waals surface area contributed by atoms with Crippen molar-refractivity contribution in [2.75, 3.05) is 26.5 Å². The molecule has 0 aromatic heterocycles. The Labute approximate surface area is 96.2 Å². The van der Waals surface area contributed by atoms with E-state index < -0.39 is 16.0 Å². The first-order valence-corrected chi connectivity index (χ1v) is 6.63. The molecule has 7 heteroatoms. The van der Waals surface area contributed by atoms with Gasteiger partial charge in [-0.05, 0) is 6.42 Å². The van der Waals surface area contributed by atoms with Gasteiger partial charge in [-0.25, -0.2) is 12.7 Å². The van der Waals surface area contributed by atoms with Crippen molar-refractivity contribution in [1.29, 1.82) is 0 Å². The second kappa shape index (κ2) is 6.82. The maximum atomic E-state index is 11.7. The highest BCUT2D eigenvalue weighted by Gasteiger charge is 2.22. The number of rotatable bonds is 8. The Bertz CT molecular complexity index is 310. The van der Waals surface area contributed by atoms with Crippen molar-refractivity contribution in [2.24, 2.45) is 0 Å². The van der Waals surface area contributed by atoms with Crippen molar-refractivity contribution in [3.63, 3.8) is 0 Å². The van der Waals surface area contributed by atoms with Crippen molar-refractivity contribution in [1.82, 2.24) is 4.31 Å². The van der Waals surface area contributed by atoms with Crippen molar-refractivity contribution in [2.45, 2.75) is 25.9 Å². The van der Waals surface area contributed by atoms with Gasteiger partial charge in [-0.15, -0.1) is 0 Å². The van der Waals surface area contributed by atoms with E-state index in [2.05, 4.69) is 0 Å². The molecule has 0 saturated heterocycles. The van der Waals surface area contributed by atoms with E-state index in [1.807, 2.05) is 6.92 Å². The quantitative estimate of drug-likeness (QED) is 0.665. The monoisotopic (exact) mass is 253 g/mol. The Morgan fingerprint density at radius 3 is 2.44 bits per heavy atom. The summed E-state index contributed by atoms with van der Waals surface area (Å²) in [6, 6.07) is 0. The number of methoxy groups -OCH3 is 1. The largest absolute Gasteiger partial charge is 0.481 e. The number of nitrogens with zero attached hydrogens (tertiary/aromatic N) is 1. The van der Waals surface area contributed by atoms with Crippen LogP contribution in [-0.4, -0.2) is 56.4 Å². The molecule has 0 saturated carbocycles. The Hall–Kier alpha value is -0.660. The predicted molar refractivity (Wildman–Crippen MR) is 59.8 cm³/mol. The summed E-state index contributed by atoms with van der Waals surface area (Å²) < 4.78 is 29.5. The predicted octanol–water partition coefficient (Wildman–Crippen LogP) is 0.148. The Balaban J connectivity index is 4.36. The van der Waals surface area contributed by atoms with Gasteiger partial charge in [0.25, 0.3) is 0 Å². The number of carboxylic acids is 1. The zero-order valence-electron chi connectivity index (χ0n) is 9.84. The van der Waals surface area contributed by atoms with Crippen LogP contribution in [0, 0.1) is 0 Å². The normalized spacial score (nSPS) is 14.0. The Morgan fingerprint density at radius 2 is 2.06 bits per heavy atom. The van der Waals surface area contributed by atoms with Gasteiger partial charge in [0.1, 0.15) is 0 Å². The first-order chi connectivity index (χ1) is 7.33. The van der Waals surface area contributed by atoms with Crippen LogP contribution in [0.15, 0.2) is 0 Å². The number of hydrogen-bond acceptors (Lipinski definition) is 4. The standard InChI is InChI=1S/C9H19NO5S/c1-4-8(15-3)7-16(13,14)10(2)6-5-9(11)12/h8H,4-7H2,1-3H3,(H,11,12). The van der Waals surface area contributed by atoms with Crippen LogP contribution in [0.4, 0.5) is 0 Å². The summed E-state index contributed by atoms with van der Waals surface area (Å²) in [6.07, 6.45) is 0.0550. The smallest absolute Gasteiger partial charge is 0.304 e. The van der Waals surface area contributed by atoms with E-state index in [1.54, 1.807) is 0 Å². The fraction of sp³-hybridized carbons (Fsp3) is 0.889. The van der Waals surface area contributed by atoms with Crippen LogP contribution in [0.1, 0.15) is 19.8 Å². The molecule has 0 radical (unpaired) electrons. The molecule has 0 heterocycles. The van der Waals surface area contributed by atoms with Crippen LogP contribution in [0.2, 0.25) is 0 Å². The molecule has 0 fully saturated rings. The average Bonchev–Trinajstić information content (AvgIpc) is 2.22. The summed E-state index contributed by atoms with van der Waals surface area (Å²) >= 11 is 0. The number of ether oxygens (including phenoxy) is 1. The van der Waals surface area contributed by atoms with Crippen molar-refractivity contribution < 1.29 is 23.1 Å². The molecule has 0 aromatic rings. The average molecular weight is 253 g/mol. The second-order valence-electron chi connectivity index (χ2n) is 3.51. The minimum Gasteiger partial charge on any atom is -0.481 e. The van der Waals surface area contributed by atoms with Gasteiger partial charge < -0.3 is 9.84 Å². The fourth-order valence-corrected chi connectivity index (χ4v) is 2.57. The molecule has 0 rings (SSSR count). The molecule has 1 atom stereocenters. The molecule has 0 aliphatic carbocycles. The van der Waals surface area contributed by atoms with Gasteiger partial charge in [0.2, 0.25) is 10.0 Å². The third-order valence-electron chi connectivity index (χ3n) is 2.30. The molecule has 96 valence electrons. The molecule has 0 amide bonds. The first kappa shape index (κ1) is 15.3. The van der Waals surface area contributed by atoms with E-state index in [-0.39, 0.29) is 24.8 Å².